The Morgan fingerprint density at radius 2 is 1.82 bits per heavy atom. The number of fused-ring (bicyclic) bond motifs is 2. The maximum Gasteiger partial charge on any atom is 0.247 e. The number of hydrogen-bond acceptors (Lipinski definition) is 6. The molecule has 2 fully saturated rings. The van der Waals surface area contributed by atoms with Gasteiger partial charge in [0.25, 0.3) is 0 Å². The fraction of sp³-hybridized carbons (Fsp3) is 0.567. The third kappa shape index (κ3) is 4.67. The summed E-state index contributed by atoms with van der Waals surface area (Å²) in [5.41, 5.74) is 0.747. The third-order valence-corrected chi connectivity index (χ3v) is 10.2. The molecule has 0 aliphatic carbocycles. The molecule has 3 amide bonds. The number of anilines is 1. The highest BCUT2D eigenvalue weighted by molar-refractivity contribution is 8.02. The van der Waals surface area contributed by atoms with E-state index in [2.05, 4.69) is 6.92 Å². The summed E-state index contributed by atoms with van der Waals surface area (Å²) in [5, 5.41) is 9.88. The van der Waals surface area contributed by atoms with Crippen LogP contribution in [-0.4, -0.2) is 87.6 Å². The van der Waals surface area contributed by atoms with Crippen molar-refractivity contribution in [1.82, 2.24) is 9.80 Å². The van der Waals surface area contributed by atoms with Crippen LogP contribution in [-0.2, 0) is 14.4 Å². The zero-order valence-corrected chi connectivity index (χ0v) is 23.8. The molecule has 0 radical (unpaired) electrons. The number of amides is 3. The van der Waals surface area contributed by atoms with Gasteiger partial charge in [0.15, 0.2) is 0 Å². The highest BCUT2D eigenvalue weighted by atomic mass is 32.2. The lowest BCUT2D eigenvalue weighted by atomic mass is 9.78. The first-order valence-corrected chi connectivity index (χ1v) is 15.0. The molecule has 1 aromatic carbocycles. The minimum atomic E-state index is -0.867. The second-order valence-electron chi connectivity index (χ2n) is 10.8. The number of likely N-dealkylation sites (tertiary alicyclic amines) is 1. The molecule has 5 rings (SSSR count). The molecule has 0 aromatic heterocycles. The Kier molecular flexibility index (Phi) is 8.10. The van der Waals surface area contributed by atoms with Crippen molar-refractivity contribution in [2.45, 2.75) is 62.1 Å². The van der Waals surface area contributed by atoms with Crippen molar-refractivity contribution in [3.05, 3.63) is 48.6 Å². The number of carbonyl (C=O) groups is 3. The smallest absolute Gasteiger partial charge is 0.247 e. The van der Waals surface area contributed by atoms with E-state index in [0.717, 1.165) is 30.7 Å². The Balaban J connectivity index is 1.52. The van der Waals surface area contributed by atoms with Crippen LogP contribution in [0.15, 0.2) is 48.6 Å². The van der Waals surface area contributed by atoms with E-state index in [-0.39, 0.29) is 29.6 Å². The van der Waals surface area contributed by atoms with E-state index in [1.807, 2.05) is 60.4 Å². The first-order chi connectivity index (χ1) is 18.9. The number of aliphatic hydroxyl groups excluding tert-OH is 1. The number of benzene rings is 1. The molecule has 1 aromatic rings. The Morgan fingerprint density at radius 1 is 1.05 bits per heavy atom. The van der Waals surface area contributed by atoms with Crippen molar-refractivity contribution in [3.63, 3.8) is 0 Å². The van der Waals surface area contributed by atoms with E-state index in [1.165, 1.54) is 0 Å². The highest BCUT2D eigenvalue weighted by Gasteiger charge is 2.71. The van der Waals surface area contributed by atoms with Crippen LogP contribution in [0.25, 0.3) is 0 Å². The van der Waals surface area contributed by atoms with E-state index < -0.39 is 28.7 Å². The van der Waals surface area contributed by atoms with Crippen LogP contribution in [0.4, 0.5) is 5.69 Å². The first kappa shape index (κ1) is 27.8. The second-order valence-corrected chi connectivity index (χ2v) is 12.3. The number of rotatable bonds is 9. The summed E-state index contributed by atoms with van der Waals surface area (Å²) in [7, 11) is 0. The summed E-state index contributed by atoms with van der Waals surface area (Å²) in [6.07, 6.45) is 11.1. The Labute approximate surface area is 235 Å². The maximum absolute atomic E-state index is 14.3. The van der Waals surface area contributed by atoms with Gasteiger partial charge in [-0.25, -0.2) is 0 Å². The Bertz CT molecular complexity index is 1150. The SMILES string of the molecule is CCCCCN1CC=C[C@]23S[C@@H]4C=CCN(c5ccc(OCC)cc5)C(=O)[C@@H]4[C@H]2C(=O)N([C@H](C)CO)C3C1=O. The van der Waals surface area contributed by atoms with Crippen molar-refractivity contribution >= 4 is 35.2 Å². The molecule has 9 heteroatoms. The van der Waals surface area contributed by atoms with Gasteiger partial charge in [0.2, 0.25) is 17.7 Å². The average Bonchev–Trinajstić information content (AvgIpc) is 3.26. The molecule has 39 heavy (non-hydrogen) atoms. The predicted molar refractivity (Wildman–Crippen MR) is 153 cm³/mol. The summed E-state index contributed by atoms with van der Waals surface area (Å²) < 4.78 is 4.70. The van der Waals surface area contributed by atoms with Gasteiger partial charge in [-0.2, -0.15) is 0 Å². The zero-order chi connectivity index (χ0) is 27.7. The fourth-order valence-electron chi connectivity index (χ4n) is 6.56. The van der Waals surface area contributed by atoms with Gasteiger partial charge in [0.05, 0.1) is 35.8 Å². The fourth-order valence-corrected chi connectivity index (χ4v) is 8.55. The molecule has 210 valence electrons. The van der Waals surface area contributed by atoms with Crippen LogP contribution in [0.2, 0.25) is 0 Å². The van der Waals surface area contributed by atoms with Gasteiger partial charge in [-0.05, 0) is 44.5 Å². The van der Waals surface area contributed by atoms with Gasteiger partial charge >= 0.3 is 0 Å². The van der Waals surface area contributed by atoms with E-state index in [1.54, 1.807) is 28.5 Å². The van der Waals surface area contributed by atoms with E-state index in [9.17, 15) is 19.5 Å². The number of nitrogens with zero attached hydrogens (tertiary/aromatic N) is 3. The molecule has 2 saturated heterocycles. The largest absolute Gasteiger partial charge is 0.494 e. The molecular formula is C30H39N3O5S. The van der Waals surface area contributed by atoms with Crippen LogP contribution >= 0.6 is 11.8 Å². The molecule has 1 spiro atoms. The van der Waals surface area contributed by atoms with Gasteiger partial charge in [-0.15, -0.1) is 11.8 Å². The van der Waals surface area contributed by atoms with Crippen molar-refractivity contribution in [1.29, 1.82) is 0 Å². The molecule has 0 bridgehead atoms. The number of carbonyl (C=O) groups excluding carboxylic acids is 3. The van der Waals surface area contributed by atoms with Crippen LogP contribution in [0.5, 0.6) is 5.75 Å². The molecule has 8 nitrogen and oxygen atoms in total. The highest BCUT2D eigenvalue weighted by Crippen LogP contribution is 2.61. The minimum absolute atomic E-state index is 0.0870. The molecule has 1 unspecified atom stereocenters. The first-order valence-electron chi connectivity index (χ1n) is 14.2. The standard InChI is InChI=1S/C30H39N3O5S/c1-4-6-7-16-31-17-9-15-30-25(28(36)33(20(3)19-34)26(30)29(31)37)24-23(39-30)10-8-18-32(27(24)35)21-11-13-22(14-12-21)38-5-2/h8-15,20,23-26,34H,4-7,16-19H2,1-3H3/t20-,23-,24+,25+,26?,30+/m1/s1. The Morgan fingerprint density at radius 3 is 2.51 bits per heavy atom. The van der Waals surface area contributed by atoms with Crippen LogP contribution in [0, 0.1) is 11.8 Å². The average molecular weight is 554 g/mol. The summed E-state index contributed by atoms with van der Waals surface area (Å²) in [6.45, 7) is 7.67. The number of thioether (sulfide) groups is 1. The quantitative estimate of drug-likeness (QED) is 0.373. The topological polar surface area (TPSA) is 90.4 Å². The predicted octanol–water partition coefficient (Wildman–Crippen LogP) is 3.25. The van der Waals surface area contributed by atoms with Gasteiger partial charge in [-0.3, -0.25) is 14.4 Å². The lowest BCUT2D eigenvalue weighted by molar-refractivity contribution is -0.145. The van der Waals surface area contributed by atoms with E-state index >= 15 is 0 Å². The van der Waals surface area contributed by atoms with Gasteiger partial charge in [-0.1, -0.05) is 44.1 Å². The van der Waals surface area contributed by atoms with E-state index in [4.69, 9.17) is 4.74 Å². The normalized spacial score (nSPS) is 30.7. The van der Waals surface area contributed by atoms with E-state index in [0.29, 0.717) is 26.2 Å². The number of aliphatic hydroxyl groups is 1. The summed E-state index contributed by atoms with van der Waals surface area (Å²) in [6, 6.07) is 6.16. The van der Waals surface area contributed by atoms with Gasteiger partial charge in [0, 0.05) is 30.6 Å². The molecule has 0 saturated carbocycles. The van der Waals surface area contributed by atoms with Crippen LogP contribution < -0.4 is 9.64 Å². The van der Waals surface area contributed by atoms with Crippen molar-refractivity contribution in [2.75, 3.05) is 37.7 Å². The van der Waals surface area contributed by atoms with Crippen LogP contribution in [0.1, 0.15) is 40.0 Å². The molecule has 4 aliphatic rings. The van der Waals surface area contributed by atoms with Crippen molar-refractivity contribution in [2.24, 2.45) is 11.8 Å². The number of ether oxygens (including phenoxy) is 1. The molecular weight excluding hydrogens is 514 g/mol. The molecule has 6 atom stereocenters. The third-order valence-electron chi connectivity index (χ3n) is 8.41. The number of hydrogen-bond donors (Lipinski definition) is 1. The summed E-state index contributed by atoms with van der Waals surface area (Å²) in [5.74, 6) is -0.987. The second kappa shape index (κ2) is 11.4. The van der Waals surface area contributed by atoms with Gasteiger partial charge < -0.3 is 24.5 Å². The minimum Gasteiger partial charge on any atom is -0.494 e. The lowest BCUT2D eigenvalue weighted by Crippen LogP contribution is -2.56. The summed E-state index contributed by atoms with van der Waals surface area (Å²) >= 11 is 1.57. The molecule has 1 N–H and O–H groups in total. The van der Waals surface area contributed by atoms with Gasteiger partial charge in [0.1, 0.15) is 11.8 Å². The van der Waals surface area contributed by atoms with Crippen molar-refractivity contribution < 1.29 is 24.2 Å². The summed E-state index contributed by atoms with van der Waals surface area (Å²) in [4.78, 5) is 47.8. The lowest BCUT2D eigenvalue weighted by Gasteiger charge is -2.37. The van der Waals surface area contributed by atoms with Crippen LogP contribution in [0.3, 0.4) is 0 Å². The molecule has 4 heterocycles. The van der Waals surface area contributed by atoms with Crippen molar-refractivity contribution in [3.8, 4) is 5.75 Å². The maximum atomic E-state index is 14.3. The molecule has 4 aliphatic heterocycles. The Hall–Kier alpha value is -2.78. The zero-order valence-electron chi connectivity index (χ0n) is 23.0. The monoisotopic (exact) mass is 553 g/mol. The number of unbranched alkanes of at least 4 members (excludes halogenated alkanes) is 2.